The van der Waals surface area contributed by atoms with Crippen LogP contribution in [0.15, 0.2) is 54.6 Å². The van der Waals surface area contributed by atoms with Crippen molar-refractivity contribution in [3.8, 4) is 0 Å². The van der Waals surface area contributed by atoms with Crippen molar-refractivity contribution < 1.29 is 19.1 Å². The van der Waals surface area contributed by atoms with E-state index in [2.05, 4.69) is 0 Å². The average Bonchev–Trinajstić information content (AvgIpc) is 2.81. The molecular weight excluding hydrogens is 294 g/mol. The molecule has 3 rings (SSSR count). The molecule has 0 radical (unpaired) electrons. The van der Waals surface area contributed by atoms with Gasteiger partial charge in [-0.15, -0.1) is 0 Å². The number of fused-ring (bicyclic) bond motifs is 1. The van der Waals surface area contributed by atoms with Gasteiger partial charge in [0.2, 0.25) is 0 Å². The standard InChI is InChI=1S/C18H15NO4/c20-16(23-11-10-13-6-2-1-3-7-13)12-19-17(21)14-8-4-5-9-15(14)18(19)22/h1-9H,10-12H2. The molecule has 0 fully saturated rings. The predicted molar refractivity (Wildman–Crippen MR) is 82.9 cm³/mol. The highest BCUT2D eigenvalue weighted by Gasteiger charge is 2.36. The van der Waals surface area contributed by atoms with Crippen LogP contribution in [0.2, 0.25) is 0 Å². The number of esters is 1. The first kappa shape index (κ1) is 15.0. The molecule has 0 aliphatic carbocycles. The van der Waals surface area contributed by atoms with Crippen molar-refractivity contribution >= 4 is 17.8 Å². The highest BCUT2D eigenvalue weighted by molar-refractivity contribution is 6.22. The van der Waals surface area contributed by atoms with Gasteiger partial charge in [0.15, 0.2) is 0 Å². The molecule has 0 atom stereocenters. The molecule has 2 aromatic carbocycles. The molecular formula is C18H15NO4. The monoisotopic (exact) mass is 309 g/mol. The number of hydrogen-bond acceptors (Lipinski definition) is 4. The van der Waals surface area contributed by atoms with Crippen molar-refractivity contribution in [2.45, 2.75) is 6.42 Å². The molecule has 0 spiro atoms. The minimum atomic E-state index is -0.588. The lowest BCUT2D eigenvalue weighted by Gasteiger charge is -2.13. The zero-order valence-electron chi connectivity index (χ0n) is 12.4. The van der Waals surface area contributed by atoms with Crippen LogP contribution in [0.5, 0.6) is 0 Å². The fraction of sp³-hybridized carbons (Fsp3) is 0.167. The van der Waals surface area contributed by atoms with Crippen LogP contribution < -0.4 is 0 Å². The number of hydrogen-bond donors (Lipinski definition) is 0. The van der Waals surface area contributed by atoms with Gasteiger partial charge in [-0.05, 0) is 17.7 Å². The minimum absolute atomic E-state index is 0.214. The van der Waals surface area contributed by atoms with E-state index in [1.165, 1.54) is 0 Å². The lowest BCUT2D eigenvalue weighted by Crippen LogP contribution is -2.35. The second-order valence-electron chi connectivity index (χ2n) is 5.20. The Kier molecular flexibility index (Phi) is 4.19. The van der Waals surface area contributed by atoms with Gasteiger partial charge in [0.25, 0.3) is 11.8 Å². The van der Waals surface area contributed by atoms with Crippen LogP contribution in [0, 0.1) is 0 Å². The molecule has 5 nitrogen and oxygen atoms in total. The third kappa shape index (κ3) is 3.13. The molecule has 0 saturated carbocycles. The summed E-state index contributed by atoms with van der Waals surface area (Å²) >= 11 is 0. The molecule has 1 aliphatic rings. The molecule has 0 aromatic heterocycles. The van der Waals surface area contributed by atoms with E-state index in [1.54, 1.807) is 24.3 Å². The van der Waals surface area contributed by atoms with Gasteiger partial charge in [0.1, 0.15) is 6.54 Å². The van der Waals surface area contributed by atoms with Crippen LogP contribution in [0.3, 0.4) is 0 Å². The Morgan fingerprint density at radius 1 is 0.870 bits per heavy atom. The van der Waals surface area contributed by atoms with Gasteiger partial charge >= 0.3 is 5.97 Å². The molecule has 2 aromatic rings. The van der Waals surface area contributed by atoms with Crippen LogP contribution in [0.25, 0.3) is 0 Å². The first-order chi connectivity index (χ1) is 11.2. The molecule has 0 bridgehead atoms. The number of nitrogens with zero attached hydrogens (tertiary/aromatic N) is 1. The Balaban J connectivity index is 1.55. The van der Waals surface area contributed by atoms with Gasteiger partial charge < -0.3 is 4.74 Å². The Morgan fingerprint density at radius 3 is 2.04 bits per heavy atom. The van der Waals surface area contributed by atoms with Crippen molar-refractivity contribution in [3.63, 3.8) is 0 Å². The van der Waals surface area contributed by atoms with Crippen molar-refractivity contribution in [1.29, 1.82) is 0 Å². The number of carbonyl (C=O) groups excluding carboxylic acids is 3. The van der Waals surface area contributed by atoms with E-state index in [0.29, 0.717) is 17.5 Å². The summed E-state index contributed by atoms with van der Waals surface area (Å²) in [6.07, 6.45) is 0.592. The molecule has 0 saturated heterocycles. The molecule has 5 heteroatoms. The van der Waals surface area contributed by atoms with E-state index >= 15 is 0 Å². The Labute approximate surface area is 133 Å². The van der Waals surface area contributed by atoms with Gasteiger partial charge in [-0.25, -0.2) is 0 Å². The summed E-state index contributed by atoms with van der Waals surface area (Å²) in [6.45, 7) is -0.146. The van der Waals surface area contributed by atoms with Crippen LogP contribution in [0.1, 0.15) is 26.3 Å². The van der Waals surface area contributed by atoms with Crippen molar-refractivity contribution in [2.24, 2.45) is 0 Å². The summed E-state index contributed by atoms with van der Waals surface area (Å²) < 4.78 is 5.12. The molecule has 0 N–H and O–H groups in total. The second-order valence-corrected chi connectivity index (χ2v) is 5.20. The highest BCUT2D eigenvalue weighted by Crippen LogP contribution is 2.22. The van der Waals surface area contributed by atoms with Crippen molar-refractivity contribution in [1.82, 2.24) is 4.90 Å². The Bertz CT molecular complexity index is 720. The van der Waals surface area contributed by atoms with Gasteiger partial charge in [0.05, 0.1) is 17.7 Å². The van der Waals surface area contributed by atoms with Crippen LogP contribution in [-0.4, -0.2) is 35.8 Å². The molecule has 1 aliphatic heterocycles. The Hall–Kier alpha value is -2.95. The van der Waals surface area contributed by atoms with Gasteiger partial charge in [-0.2, -0.15) is 0 Å². The normalized spacial score (nSPS) is 13.1. The zero-order valence-corrected chi connectivity index (χ0v) is 12.4. The van der Waals surface area contributed by atoms with Crippen LogP contribution in [0.4, 0.5) is 0 Å². The molecule has 2 amide bonds. The van der Waals surface area contributed by atoms with E-state index < -0.39 is 17.8 Å². The minimum Gasteiger partial charge on any atom is -0.464 e. The van der Waals surface area contributed by atoms with Gasteiger partial charge in [-0.3, -0.25) is 19.3 Å². The van der Waals surface area contributed by atoms with E-state index in [0.717, 1.165) is 10.5 Å². The number of benzene rings is 2. The summed E-state index contributed by atoms with van der Waals surface area (Å²) in [5.41, 5.74) is 1.71. The summed E-state index contributed by atoms with van der Waals surface area (Å²) in [4.78, 5) is 37.1. The highest BCUT2D eigenvalue weighted by atomic mass is 16.5. The molecule has 0 unspecified atom stereocenters. The summed E-state index contributed by atoms with van der Waals surface area (Å²) in [7, 11) is 0. The fourth-order valence-corrected chi connectivity index (χ4v) is 2.48. The number of imide groups is 1. The summed E-state index contributed by atoms with van der Waals surface area (Å²) in [5.74, 6) is -1.49. The lowest BCUT2D eigenvalue weighted by molar-refractivity contribution is -0.143. The first-order valence-electron chi connectivity index (χ1n) is 7.31. The van der Waals surface area contributed by atoms with E-state index in [4.69, 9.17) is 4.74 Å². The first-order valence-corrected chi connectivity index (χ1v) is 7.31. The van der Waals surface area contributed by atoms with Gasteiger partial charge in [-0.1, -0.05) is 42.5 Å². The van der Waals surface area contributed by atoms with E-state index in [-0.39, 0.29) is 13.2 Å². The summed E-state index contributed by atoms with van der Waals surface area (Å²) in [5, 5.41) is 0. The molecule has 1 heterocycles. The number of ether oxygens (including phenoxy) is 1. The van der Waals surface area contributed by atoms with Crippen molar-refractivity contribution in [3.05, 3.63) is 71.3 Å². The second kappa shape index (κ2) is 6.44. The van der Waals surface area contributed by atoms with Gasteiger partial charge in [0, 0.05) is 6.42 Å². The van der Waals surface area contributed by atoms with Crippen LogP contribution in [-0.2, 0) is 16.0 Å². The maximum absolute atomic E-state index is 12.1. The maximum Gasteiger partial charge on any atom is 0.326 e. The predicted octanol–water partition coefficient (Wildman–Crippen LogP) is 2.07. The number of amides is 2. The number of rotatable bonds is 5. The lowest BCUT2D eigenvalue weighted by atomic mass is 10.1. The zero-order chi connectivity index (χ0) is 16.2. The summed E-state index contributed by atoms with van der Waals surface area (Å²) in [6, 6.07) is 16.2. The SMILES string of the molecule is O=C(CN1C(=O)c2ccccc2C1=O)OCCc1ccccc1. The topological polar surface area (TPSA) is 63.7 Å². The van der Waals surface area contributed by atoms with E-state index in [1.807, 2.05) is 30.3 Å². The fourth-order valence-electron chi connectivity index (χ4n) is 2.48. The number of carbonyl (C=O) groups is 3. The largest absolute Gasteiger partial charge is 0.464 e. The van der Waals surface area contributed by atoms with Crippen LogP contribution >= 0.6 is 0 Å². The Morgan fingerprint density at radius 2 is 1.43 bits per heavy atom. The molecule has 116 valence electrons. The maximum atomic E-state index is 12.1. The third-order valence-electron chi connectivity index (χ3n) is 3.66. The smallest absolute Gasteiger partial charge is 0.326 e. The average molecular weight is 309 g/mol. The third-order valence-corrected chi connectivity index (χ3v) is 3.66. The molecule has 23 heavy (non-hydrogen) atoms. The quantitative estimate of drug-likeness (QED) is 0.626. The van der Waals surface area contributed by atoms with Crippen molar-refractivity contribution in [2.75, 3.05) is 13.2 Å². The van der Waals surface area contributed by atoms with E-state index in [9.17, 15) is 14.4 Å².